The van der Waals surface area contributed by atoms with E-state index in [4.69, 9.17) is 16.3 Å². The molecule has 0 atom stereocenters. The summed E-state index contributed by atoms with van der Waals surface area (Å²) < 4.78 is 43.5. The lowest BCUT2D eigenvalue weighted by Crippen LogP contribution is -2.30. The van der Waals surface area contributed by atoms with Crippen molar-refractivity contribution < 1.29 is 17.9 Å². The summed E-state index contributed by atoms with van der Waals surface area (Å²) in [4.78, 5) is 0. The van der Waals surface area contributed by atoms with Crippen molar-refractivity contribution in [3.63, 3.8) is 0 Å². The Morgan fingerprint density at radius 2 is 1.89 bits per heavy atom. The van der Waals surface area contributed by atoms with Crippen molar-refractivity contribution in [2.75, 3.05) is 13.1 Å². The molecule has 1 aromatic rings. The molecule has 1 fully saturated rings. The van der Waals surface area contributed by atoms with Crippen LogP contribution in [0.5, 0.6) is 5.75 Å². The number of hydrogen-bond acceptors (Lipinski definition) is 1. The molecular formula is C12H12ClF3NO. The third kappa shape index (κ3) is 3.29. The first-order chi connectivity index (χ1) is 8.47. The van der Waals surface area contributed by atoms with E-state index in [2.05, 4.69) is 5.32 Å². The molecule has 0 bridgehead atoms. The van der Waals surface area contributed by atoms with Gasteiger partial charge in [0.05, 0.1) is 10.6 Å². The van der Waals surface area contributed by atoms with Crippen molar-refractivity contribution in [3.05, 3.63) is 28.8 Å². The van der Waals surface area contributed by atoms with Gasteiger partial charge in [-0.2, -0.15) is 13.2 Å². The van der Waals surface area contributed by atoms with E-state index in [1.165, 1.54) is 12.1 Å². The molecule has 1 aliphatic rings. The molecule has 1 heterocycles. The number of rotatable bonds is 2. The third-order valence-electron chi connectivity index (χ3n) is 2.76. The fourth-order valence-electron chi connectivity index (χ4n) is 1.83. The molecule has 0 aromatic heterocycles. The average molecular weight is 279 g/mol. The van der Waals surface area contributed by atoms with Gasteiger partial charge in [0.2, 0.25) is 0 Å². The summed E-state index contributed by atoms with van der Waals surface area (Å²) in [6.45, 7) is 1.40. The molecule has 6 heteroatoms. The second kappa shape index (κ2) is 5.36. The zero-order chi connectivity index (χ0) is 13.2. The van der Waals surface area contributed by atoms with Crippen molar-refractivity contribution in [2.24, 2.45) is 0 Å². The Kier molecular flexibility index (Phi) is 4.02. The molecule has 1 saturated heterocycles. The van der Waals surface area contributed by atoms with Crippen LogP contribution in [-0.2, 0) is 6.18 Å². The van der Waals surface area contributed by atoms with Crippen LogP contribution in [0.3, 0.4) is 0 Å². The largest absolute Gasteiger partial charge is 0.490 e. The minimum atomic E-state index is -4.46. The summed E-state index contributed by atoms with van der Waals surface area (Å²) >= 11 is 5.53. The molecule has 1 radical (unpaired) electrons. The minimum absolute atomic E-state index is 0.0650. The van der Waals surface area contributed by atoms with Crippen LogP contribution in [-0.4, -0.2) is 19.2 Å². The average Bonchev–Trinajstić information content (AvgIpc) is 2.31. The van der Waals surface area contributed by atoms with Crippen LogP contribution in [0.25, 0.3) is 0 Å². The number of hydrogen-bond donors (Lipinski definition) is 0. The Balaban J connectivity index is 2.14. The summed E-state index contributed by atoms with van der Waals surface area (Å²) in [7, 11) is 0. The molecule has 2 nitrogen and oxygen atoms in total. The van der Waals surface area contributed by atoms with Gasteiger partial charge in [0.15, 0.2) is 0 Å². The Morgan fingerprint density at radius 1 is 1.22 bits per heavy atom. The Bertz CT molecular complexity index is 416. The van der Waals surface area contributed by atoms with Crippen molar-refractivity contribution in [3.8, 4) is 5.75 Å². The lowest BCUT2D eigenvalue weighted by Gasteiger charge is -2.23. The van der Waals surface area contributed by atoms with Gasteiger partial charge in [-0.15, -0.1) is 0 Å². The molecule has 1 aliphatic heterocycles. The zero-order valence-corrected chi connectivity index (χ0v) is 10.3. The standard InChI is InChI=1S/C12H12ClF3NO/c13-11-2-1-9(7-10(11)12(14,15)16)18-8-3-5-17-6-4-8/h1-2,7-8H,3-6H2. The minimum Gasteiger partial charge on any atom is -0.490 e. The quantitative estimate of drug-likeness (QED) is 0.812. The van der Waals surface area contributed by atoms with Gasteiger partial charge in [-0.05, 0) is 31.0 Å². The van der Waals surface area contributed by atoms with Crippen molar-refractivity contribution in [2.45, 2.75) is 25.1 Å². The van der Waals surface area contributed by atoms with Crippen LogP contribution in [0.1, 0.15) is 18.4 Å². The zero-order valence-electron chi connectivity index (χ0n) is 9.51. The number of alkyl halides is 3. The molecule has 0 N–H and O–H groups in total. The highest BCUT2D eigenvalue weighted by atomic mass is 35.5. The predicted octanol–water partition coefficient (Wildman–Crippen LogP) is 3.50. The number of halogens is 4. The molecule has 0 amide bonds. The molecular weight excluding hydrogens is 267 g/mol. The molecule has 2 rings (SSSR count). The summed E-state index contributed by atoms with van der Waals surface area (Å²) in [6, 6.07) is 3.63. The normalized spacial score (nSPS) is 17.8. The van der Waals surface area contributed by atoms with E-state index in [-0.39, 0.29) is 16.9 Å². The third-order valence-corrected chi connectivity index (χ3v) is 3.09. The van der Waals surface area contributed by atoms with E-state index < -0.39 is 11.7 Å². The molecule has 1 aromatic carbocycles. The van der Waals surface area contributed by atoms with Gasteiger partial charge >= 0.3 is 6.18 Å². The Labute approximate surface area is 108 Å². The van der Waals surface area contributed by atoms with Gasteiger partial charge in [0.1, 0.15) is 11.9 Å². The van der Waals surface area contributed by atoms with E-state index in [0.29, 0.717) is 13.1 Å². The van der Waals surface area contributed by atoms with Crippen LogP contribution in [0.2, 0.25) is 5.02 Å². The van der Waals surface area contributed by atoms with Crippen LogP contribution >= 0.6 is 11.6 Å². The van der Waals surface area contributed by atoms with Crippen LogP contribution < -0.4 is 10.1 Å². The number of nitrogens with zero attached hydrogens (tertiary/aromatic N) is 1. The highest BCUT2D eigenvalue weighted by Crippen LogP contribution is 2.37. The number of piperidine rings is 1. The maximum Gasteiger partial charge on any atom is 0.417 e. The molecule has 0 aliphatic carbocycles. The maximum absolute atomic E-state index is 12.7. The first-order valence-electron chi connectivity index (χ1n) is 5.63. The van der Waals surface area contributed by atoms with E-state index in [1.54, 1.807) is 0 Å². The van der Waals surface area contributed by atoms with E-state index in [9.17, 15) is 13.2 Å². The summed E-state index contributed by atoms with van der Waals surface area (Å²) in [5.41, 5.74) is -0.859. The maximum atomic E-state index is 12.7. The Morgan fingerprint density at radius 3 is 2.50 bits per heavy atom. The smallest absolute Gasteiger partial charge is 0.417 e. The Hall–Kier alpha value is -0.940. The topological polar surface area (TPSA) is 23.3 Å². The first-order valence-corrected chi connectivity index (χ1v) is 6.01. The van der Waals surface area contributed by atoms with Gasteiger partial charge in [-0.1, -0.05) is 11.6 Å². The summed E-state index contributed by atoms with van der Waals surface area (Å²) in [5.74, 6) is 0.207. The van der Waals surface area contributed by atoms with Gasteiger partial charge in [-0.25, -0.2) is 5.32 Å². The fourth-order valence-corrected chi connectivity index (χ4v) is 2.06. The van der Waals surface area contributed by atoms with Crippen LogP contribution in [0.4, 0.5) is 13.2 Å². The molecule has 0 spiro atoms. The summed E-state index contributed by atoms with van der Waals surface area (Å²) in [5, 5.41) is 3.85. The lowest BCUT2D eigenvalue weighted by atomic mass is 10.1. The van der Waals surface area contributed by atoms with Crippen LogP contribution in [0.15, 0.2) is 18.2 Å². The van der Waals surface area contributed by atoms with E-state index in [0.717, 1.165) is 18.9 Å². The van der Waals surface area contributed by atoms with Crippen LogP contribution in [0, 0.1) is 0 Å². The number of benzene rings is 1. The molecule has 18 heavy (non-hydrogen) atoms. The fraction of sp³-hybridized carbons (Fsp3) is 0.500. The second-order valence-corrected chi connectivity index (χ2v) is 4.53. The highest BCUT2D eigenvalue weighted by molar-refractivity contribution is 6.31. The van der Waals surface area contributed by atoms with Gasteiger partial charge in [-0.3, -0.25) is 0 Å². The van der Waals surface area contributed by atoms with Crippen molar-refractivity contribution >= 4 is 11.6 Å². The van der Waals surface area contributed by atoms with Gasteiger partial charge < -0.3 is 4.74 Å². The van der Waals surface area contributed by atoms with Crippen molar-refractivity contribution in [1.29, 1.82) is 0 Å². The first kappa shape index (κ1) is 13.5. The second-order valence-electron chi connectivity index (χ2n) is 4.13. The molecule has 0 saturated carbocycles. The summed E-state index contributed by atoms with van der Waals surface area (Å²) in [6.07, 6.45) is -3.04. The van der Waals surface area contributed by atoms with Crippen molar-refractivity contribution in [1.82, 2.24) is 5.32 Å². The van der Waals surface area contributed by atoms with E-state index >= 15 is 0 Å². The van der Waals surface area contributed by atoms with Gasteiger partial charge in [0, 0.05) is 13.1 Å². The number of ether oxygens (including phenoxy) is 1. The molecule has 99 valence electrons. The van der Waals surface area contributed by atoms with E-state index in [1.807, 2.05) is 0 Å². The SMILES string of the molecule is FC(F)(F)c1cc(OC2CC[N]CC2)ccc1Cl. The predicted molar refractivity (Wildman–Crippen MR) is 62.0 cm³/mol. The molecule has 0 unspecified atom stereocenters. The monoisotopic (exact) mass is 278 g/mol. The highest BCUT2D eigenvalue weighted by Gasteiger charge is 2.33. The van der Waals surface area contributed by atoms with Gasteiger partial charge in [0.25, 0.3) is 0 Å². The lowest BCUT2D eigenvalue weighted by molar-refractivity contribution is -0.137.